The van der Waals surface area contributed by atoms with Gasteiger partial charge in [0.05, 0.1) is 11.7 Å². The Balaban J connectivity index is 2.14. The fraction of sp³-hybridized carbons (Fsp3) is 0.750. The third-order valence-corrected chi connectivity index (χ3v) is 4.72. The molecule has 0 radical (unpaired) electrons. The van der Waals surface area contributed by atoms with E-state index in [0.717, 1.165) is 31.4 Å². The zero-order chi connectivity index (χ0) is 14.8. The second-order valence-corrected chi connectivity index (χ2v) is 6.43. The van der Waals surface area contributed by atoms with E-state index >= 15 is 0 Å². The van der Waals surface area contributed by atoms with E-state index in [1.165, 1.54) is 6.42 Å². The molecule has 0 aliphatic heterocycles. The van der Waals surface area contributed by atoms with Crippen molar-refractivity contribution in [1.29, 1.82) is 0 Å². The van der Waals surface area contributed by atoms with E-state index in [1.54, 1.807) is 0 Å². The van der Waals surface area contributed by atoms with Gasteiger partial charge in [0.2, 0.25) is 0 Å². The molecule has 1 aromatic heterocycles. The molecule has 1 fully saturated rings. The van der Waals surface area contributed by atoms with Gasteiger partial charge in [-0.1, -0.05) is 19.8 Å². The van der Waals surface area contributed by atoms with Crippen molar-refractivity contribution in [1.82, 2.24) is 14.7 Å². The number of Topliss-reactive ketones (excluding diaryl/α,β-unsaturated/α-hetero) is 1. The Morgan fingerprint density at radius 1 is 1.55 bits per heavy atom. The summed E-state index contributed by atoms with van der Waals surface area (Å²) in [7, 11) is 4.09. The van der Waals surface area contributed by atoms with Crippen molar-refractivity contribution in [3.8, 4) is 0 Å². The molecule has 112 valence electrons. The Morgan fingerprint density at radius 2 is 2.30 bits per heavy atom. The fourth-order valence-corrected chi connectivity index (χ4v) is 3.45. The Labute approximate surface area is 122 Å². The van der Waals surface area contributed by atoms with Gasteiger partial charge < -0.3 is 0 Å². The summed E-state index contributed by atoms with van der Waals surface area (Å²) in [6.45, 7) is 5.17. The van der Waals surface area contributed by atoms with Gasteiger partial charge in [-0.05, 0) is 45.3 Å². The summed E-state index contributed by atoms with van der Waals surface area (Å²) in [5.41, 5.74) is 0.766. The predicted molar refractivity (Wildman–Crippen MR) is 80.7 cm³/mol. The molecule has 0 spiro atoms. The van der Waals surface area contributed by atoms with Gasteiger partial charge in [-0.25, -0.2) is 0 Å². The van der Waals surface area contributed by atoms with Gasteiger partial charge in [0, 0.05) is 19.2 Å². The largest absolute Gasteiger partial charge is 0.297 e. The maximum Gasteiger partial charge on any atom is 0.157 e. The molecule has 4 nitrogen and oxygen atoms in total. The lowest BCUT2D eigenvalue weighted by Gasteiger charge is -2.43. The van der Waals surface area contributed by atoms with Crippen LogP contribution in [0.2, 0.25) is 0 Å². The number of aromatic nitrogens is 2. The summed E-state index contributed by atoms with van der Waals surface area (Å²) in [4.78, 5) is 15.0. The normalized spacial score (nSPS) is 26.9. The molecule has 0 aromatic carbocycles. The molecule has 0 bridgehead atoms. The molecule has 2 rings (SSSR count). The lowest BCUT2D eigenvalue weighted by Crippen LogP contribution is -2.54. The molecule has 1 saturated carbocycles. The number of hydrogen-bond donors (Lipinski definition) is 0. The van der Waals surface area contributed by atoms with E-state index in [9.17, 15) is 4.79 Å². The molecule has 1 aliphatic rings. The van der Waals surface area contributed by atoms with Crippen LogP contribution in [0.1, 0.15) is 45.1 Å². The first-order chi connectivity index (χ1) is 9.48. The van der Waals surface area contributed by atoms with Crippen molar-refractivity contribution in [3.05, 3.63) is 18.0 Å². The number of ketones is 1. The van der Waals surface area contributed by atoms with Crippen molar-refractivity contribution in [2.24, 2.45) is 5.92 Å². The van der Waals surface area contributed by atoms with E-state index in [0.29, 0.717) is 18.1 Å². The van der Waals surface area contributed by atoms with Crippen molar-refractivity contribution < 1.29 is 4.79 Å². The maximum absolute atomic E-state index is 12.9. The third-order valence-electron chi connectivity index (χ3n) is 4.72. The highest BCUT2D eigenvalue weighted by molar-refractivity contribution is 5.90. The van der Waals surface area contributed by atoms with Crippen LogP contribution in [0.3, 0.4) is 0 Å². The first kappa shape index (κ1) is 15.2. The Bertz CT molecular complexity index is 466. The summed E-state index contributed by atoms with van der Waals surface area (Å²) >= 11 is 0. The maximum atomic E-state index is 12.9. The molecule has 20 heavy (non-hydrogen) atoms. The predicted octanol–water partition coefficient (Wildman–Crippen LogP) is 2.53. The molecule has 0 N–H and O–H groups in total. The number of hydrogen-bond acceptors (Lipinski definition) is 3. The summed E-state index contributed by atoms with van der Waals surface area (Å²) in [5, 5.41) is 4.27. The zero-order valence-electron chi connectivity index (χ0n) is 13.2. The number of likely N-dealkylation sites (N-methyl/N-ethyl adjacent to an activating group) is 1. The van der Waals surface area contributed by atoms with E-state index in [1.807, 2.05) is 31.2 Å². The summed E-state index contributed by atoms with van der Waals surface area (Å²) in [5.74, 6) is 0.984. The van der Waals surface area contributed by atoms with Crippen molar-refractivity contribution >= 4 is 5.78 Å². The van der Waals surface area contributed by atoms with Gasteiger partial charge in [0.15, 0.2) is 5.78 Å². The smallest absolute Gasteiger partial charge is 0.157 e. The molecule has 2 atom stereocenters. The van der Waals surface area contributed by atoms with Crippen LogP contribution >= 0.6 is 0 Å². The second kappa shape index (κ2) is 6.08. The van der Waals surface area contributed by atoms with Crippen LogP contribution in [-0.2, 0) is 17.8 Å². The van der Waals surface area contributed by atoms with Gasteiger partial charge in [-0.15, -0.1) is 0 Å². The molecule has 2 unspecified atom stereocenters. The van der Waals surface area contributed by atoms with Crippen LogP contribution < -0.4 is 0 Å². The average molecular weight is 277 g/mol. The minimum absolute atomic E-state index is 0.272. The molecular weight excluding hydrogens is 250 g/mol. The van der Waals surface area contributed by atoms with Crippen molar-refractivity contribution in [3.63, 3.8) is 0 Å². The van der Waals surface area contributed by atoms with Gasteiger partial charge in [-0.2, -0.15) is 5.10 Å². The molecule has 1 aromatic rings. The third kappa shape index (κ3) is 2.95. The molecule has 1 heterocycles. The van der Waals surface area contributed by atoms with Gasteiger partial charge in [0.25, 0.3) is 0 Å². The zero-order valence-corrected chi connectivity index (χ0v) is 13.2. The van der Waals surface area contributed by atoms with E-state index in [-0.39, 0.29) is 5.54 Å². The summed E-state index contributed by atoms with van der Waals surface area (Å²) in [6.07, 6.45) is 8.71. The topological polar surface area (TPSA) is 38.1 Å². The number of carbonyl (C=O) groups excluding carboxylic acids is 1. The highest BCUT2D eigenvalue weighted by atomic mass is 16.1. The molecule has 4 heteroatoms. The van der Waals surface area contributed by atoms with Crippen LogP contribution in [0.25, 0.3) is 0 Å². The number of nitrogens with zero attached hydrogens (tertiary/aromatic N) is 3. The lowest BCUT2D eigenvalue weighted by molar-refractivity contribution is -0.132. The van der Waals surface area contributed by atoms with Gasteiger partial charge in [0.1, 0.15) is 0 Å². The Kier molecular flexibility index (Phi) is 4.63. The molecular formula is C16H27N3O. The number of aryl methyl sites for hydroxylation is 1. The molecule has 0 amide bonds. The van der Waals surface area contributed by atoms with E-state index in [2.05, 4.69) is 23.8 Å². The Morgan fingerprint density at radius 3 is 2.85 bits per heavy atom. The number of rotatable bonds is 5. The van der Waals surface area contributed by atoms with Crippen LogP contribution in [-0.4, -0.2) is 40.1 Å². The molecule has 1 aliphatic carbocycles. The molecule has 0 saturated heterocycles. The van der Waals surface area contributed by atoms with Gasteiger partial charge in [-0.3, -0.25) is 14.4 Å². The fourth-order valence-electron chi connectivity index (χ4n) is 3.45. The Hall–Kier alpha value is -1.16. The quantitative estimate of drug-likeness (QED) is 0.830. The van der Waals surface area contributed by atoms with E-state index < -0.39 is 0 Å². The highest BCUT2D eigenvalue weighted by Crippen LogP contribution is 2.37. The number of carbonyl (C=O) groups is 1. The van der Waals surface area contributed by atoms with Crippen LogP contribution in [0.4, 0.5) is 0 Å². The van der Waals surface area contributed by atoms with Gasteiger partial charge >= 0.3 is 0 Å². The second-order valence-electron chi connectivity index (χ2n) is 6.43. The minimum atomic E-state index is -0.272. The summed E-state index contributed by atoms with van der Waals surface area (Å²) < 4.78 is 1.88. The summed E-state index contributed by atoms with van der Waals surface area (Å²) in [6, 6.07) is 0. The van der Waals surface area contributed by atoms with Crippen molar-refractivity contribution in [2.45, 2.75) is 58.0 Å². The van der Waals surface area contributed by atoms with E-state index in [4.69, 9.17) is 0 Å². The van der Waals surface area contributed by atoms with Crippen LogP contribution in [0, 0.1) is 5.92 Å². The first-order valence-electron chi connectivity index (χ1n) is 7.70. The first-order valence-corrected chi connectivity index (χ1v) is 7.70. The van der Waals surface area contributed by atoms with Crippen molar-refractivity contribution in [2.75, 3.05) is 14.1 Å². The lowest BCUT2D eigenvalue weighted by atomic mass is 9.72. The minimum Gasteiger partial charge on any atom is -0.297 e. The standard InChI is InChI=1S/C16H27N3O/c1-5-19-12-14(11-17-19)9-15(20)16(18(3)4)8-6-7-13(2)10-16/h11-13H,5-10H2,1-4H3. The highest BCUT2D eigenvalue weighted by Gasteiger charge is 2.42. The monoisotopic (exact) mass is 277 g/mol. The SMILES string of the molecule is CCn1cc(CC(=O)C2(N(C)C)CCCC(C)C2)cn1. The van der Waals surface area contributed by atoms with Crippen LogP contribution in [0.5, 0.6) is 0 Å². The van der Waals surface area contributed by atoms with Crippen LogP contribution in [0.15, 0.2) is 12.4 Å². The average Bonchev–Trinajstić information content (AvgIpc) is 2.86.